The van der Waals surface area contributed by atoms with Crippen LogP contribution in [0.3, 0.4) is 0 Å². The van der Waals surface area contributed by atoms with Crippen molar-refractivity contribution in [2.45, 2.75) is 63.6 Å². The lowest BCUT2D eigenvalue weighted by Crippen LogP contribution is -2.31. The summed E-state index contributed by atoms with van der Waals surface area (Å²) in [5.74, 6) is -0.308. The first-order valence-corrected chi connectivity index (χ1v) is 13.7. The number of nitrogens with one attached hydrogen (secondary N) is 2. The zero-order valence-corrected chi connectivity index (χ0v) is 22.4. The Morgan fingerprint density at radius 1 is 1.08 bits per heavy atom. The van der Waals surface area contributed by atoms with Gasteiger partial charge in [-0.25, -0.2) is 0 Å². The van der Waals surface area contributed by atoms with E-state index in [0.717, 1.165) is 33.5 Å². The molecule has 1 aromatic carbocycles. The van der Waals surface area contributed by atoms with Gasteiger partial charge in [0.05, 0.1) is 17.8 Å². The van der Waals surface area contributed by atoms with Crippen molar-refractivity contribution in [1.82, 2.24) is 10.3 Å². The zero-order chi connectivity index (χ0) is 27.9. The van der Waals surface area contributed by atoms with Crippen LogP contribution in [0.5, 0.6) is 0 Å². The SMILES string of the molecule is CC1=C(c2[nH]c3ccccc3c2C)C(=NC2CC(CO)C(O)C2O)CCC(=NC(c2cccs2)C(F)(F)F)N1. The van der Waals surface area contributed by atoms with Crippen LogP contribution < -0.4 is 5.32 Å². The largest absolute Gasteiger partial charge is 0.415 e. The van der Waals surface area contributed by atoms with Crippen molar-refractivity contribution in [3.8, 4) is 0 Å². The van der Waals surface area contributed by atoms with Gasteiger partial charge < -0.3 is 25.6 Å². The molecule has 5 N–H and O–H groups in total. The average Bonchev–Trinajstić information content (AvgIpc) is 3.58. The molecule has 2 aromatic heterocycles. The van der Waals surface area contributed by atoms with Crippen LogP contribution in [0.15, 0.2) is 57.5 Å². The molecule has 3 heterocycles. The Hall–Kier alpha value is -2.99. The summed E-state index contributed by atoms with van der Waals surface area (Å²) in [6.07, 6.45) is -6.08. The quantitative estimate of drug-likeness (QED) is 0.306. The number of fused-ring (bicyclic) bond motifs is 1. The van der Waals surface area contributed by atoms with E-state index in [-0.39, 0.29) is 30.2 Å². The van der Waals surface area contributed by atoms with Gasteiger partial charge in [0, 0.05) is 51.7 Å². The Morgan fingerprint density at radius 2 is 1.85 bits per heavy atom. The number of thiophene rings is 1. The van der Waals surface area contributed by atoms with Crippen molar-refractivity contribution in [3.63, 3.8) is 0 Å². The summed E-state index contributed by atoms with van der Waals surface area (Å²) in [5, 5.41) is 36.4. The van der Waals surface area contributed by atoms with Gasteiger partial charge >= 0.3 is 6.18 Å². The fraction of sp³-hybridized carbons (Fsp3) is 0.429. The number of halogens is 3. The molecule has 5 atom stereocenters. The first-order chi connectivity index (χ1) is 18.6. The highest BCUT2D eigenvalue weighted by Crippen LogP contribution is 2.39. The van der Waals surface area contributed by atoms with Crippen LogP contribution in [-0.2, 0) is 0 Å². The van der Waals surface area contributed by atoms with Gasteiger partial charge in [-0.2, -0.15) is 13.2 Å². The van der Waals surface area contributed by atoms with E-state index >= 15 is 0 Å². The second kappa shape index (κ2) is 10.9. The topological polar surface area (TPSA) is 113 Å². The second-order valence-corrected chi connectivity index (χ2v) is 11.1. The smallest absolute Gasteiger partial charge is 0.396 e. The minimum atomic E-state index is -4.56. The molecule has 0 saturated heterocycles. The lowest BCUT2D eigenvalue weighted by molar-refractivity contribution is -0.147. The van der Waals surface area contributed by atoms with Gasteiger partial charge in [-0.05, 0) is 49.8 Å². The fourth-order valence-electron chi connectivity index (χ4n) is 5.52. The number of aliphatic imine (C=N–C) groups is 2. The maximum atomic E-state index is 14.0. The van der Waals surface area contributed by atoms with Crippen molar-refractivity contribution in [1.29, 1.82) is 0 Å². The molecule has 1 aliphatic heterocycles. The van der Waals surface area contributed by atoms with Gasteiger partial charge in [-0.3, -0.25) is 9.98 Å². The van der Waals surface area contributed by atoms with Crippen molar-refractivity contribution in [2.24, 2.45) is 15.9 Å². The van der Waals surface area contributed by atoms with Crippen molar-refractivity contribution < 1.29 is 28.5 Å². The molecule has 0 bridgehead atoms. The molecule has 0 amide bonds. The van der Waals surface area contributed by atoms with Crippen molar-refractivity contribution in [3.05, 3.63) is 63.6 Å². The van der Waals surface area contributed by atoms with Crippen molar-refractivity contribution >= 4 is 39.4 Å². The zero-order valence-electron chi connectivity index (χ0n) is 21.5. The van der Waals surface area contributed by atoms with Crippen LogP contribution in [0.4, 0.5) is 13.2 Å². The Kier molecular flexibility index (Phi) is 7.69. The van der Waals surface area contributed by atoms with E-state index in [1.54, 1.807) is 18.4 Å². The number of hydrogen-bond donors (Lipinski definition) is 5. The van der Waals surface area contributed by atoms with E-state index in [0.29, 0.717) is 23.4 Å². The number of aromatic nitrogens is 1. The highest BCUT2D eigenvalue weighted by atomic mass is 32.1. The summed E-state index contributed by atoms with van der Waals surface area (Å²) in [5.41, 5.74) is 4.52. The molecule has 3 aromatic rings. The number of hydrogen-bond acceptors (Lipinski definition) is 6. The predicted molar refractivity (Wildman–Crippen MR) is 147 cm³/mol. The fourth-order valence-corrected chi connectivity index (χ4v) is 6.30. The molecule has 39 heavy (non-hydrogen) atoms. The minimum absolute atomic E-state index is 0.112. The third kappa shape index (κ3) is 5.41. The second-order valence-electron chi connectivity index (χ2n) is 10.1. The van der Waals surface area contributed by atoms with Crippen LogP contribution >= 0.6 is 11.3 Å². The summed E-state index contributed by atoms with van der Waals surface area (Å²) in [6, 6.07) is 8.16. The number of allylic oxidation sites excluding steroid dienone is 2. The maximum Gasteiger partial charge on any atom is 0.415 e. The molecule has 7 nitrogen and oxygen atoms in total. The van der Waals surface area contributed by atoms with Crippen LogP contribution in [0.1, 0.15) is 48.4 Å². The first kappa shape index (κ1) is 27.6. The number of aliphatic hydroxyl groups is 3. The number of amidine groups is 1. The minimum Gasteiger partial charge on any atom is -0.396 e. The summed E-state index contributed by atoms with van der Waals surface area (Å²) < 4.78 is 42.0. The number of alkyl halides is 3. The Bertz CT molecular complexity index is 1430. The molecule has 11 heteroatoms. The molecule has 2 aliphatic rings. The lowest BCUT2D eigenvalue weighted by atomic mass is 9.98. The number of benzene rings is 1. The van der Waals surface area contributed by atoms with Crippen LogP contribution in [0.25, 0.3) is 16.5 Å². The first-order valence-electron chi connectivity index (χ1n) is 12.8. The molecule has 5 unspecified atom stereocenters. The maximum absolute atomic E-state index is 14.0. The summed E-state index contributed by atoms with van der Waals surface area (Å²) in [4.78, 5) is 12.6. The monoisotopic (exact) mass is 560 g/mol. The van der Waals surface area contributed by atoms with E-state index < -0.39 is 36.4 Å². The molecule has 0 spiro atoms. The molecule has 0 radical (unpaired) electrons. The number of aliphatic hydroxyl groups excluding tert-OH is 3. The number of para-hydroxylation sites is 1. The van der Waals surface area contributed by atoms with Crippen LogP contribution in [-0.4, -0.2) is 62.9 Å². The van der Waals surface area contributed by atoms with Crippen molar-refractivity contribution in [2.75, 3.05) is 6.61 Å². The predicted octanol–water partition coefficient (Wildman–Crippen LogP) is 4.90. The Labute approximate surface area is 227 Å². The molecule has 5 rings (SSSR count). The van der Waals surface area contributed by atoms with Gasteiger partial charge in [0.15, 0.2) is 6.04 Å². The number of aryl methyl sites for hydroxylation is 1. The summed E-state index contributed by atoms with van der Waals surface area (Å²) in [6.45, 7) is 3.47. The van der Waals surface area contributed by atoms with E-state index in [4.69, 9.17) is 4.99 Å². The Morgan fingerprint density at radius 3 is 2.49 bits per heavy atom. The standard InChI is InChI=1S/C28H31F3N4O3S/c1-14-17-6-3-4-7-18(17)34-24(14)23-15(2)32-22(35-27(28(29,30)31)21-8-5-11-39-21)10-9-19(23)33-20-12-16(13-36)25(37)26(20)38/h3-8,11,16,20,25-27,34,36-38H,9-10,12-13H2,1-2H3,(H,32,35). The van der Waals surface area contributed by atoms with E-state index in [2.05, 4.69) is 15.3 Å². The molecular formula is C28H31F3N4O3S. The van der Waals surface area contributed by atoms with Crippen LogP contribution in [0.2, 0.25) is 0 Å². The van der Waals surface area contributed by atoms with E-state index in [1.165, 1.54) is 6.07 Å². The summed E-state index contributed by atoms with van der Waals surface area (Å²) >= 11 is 1.01. The lowest BCUT2D eigenvalue weighted by Gasteiger charge is -2.18. The number of H-pyrrole nitrogens is 1. The summed E-state index contributed by atoms with van der Waals surface area (Å²) in [7, 11) is 0. The highest BCUT2D eigenvalue weighted by molar-refractivity contribution is 7.10. The molecule has 1 saturated carbocycles. The van der Waals surface area contributed by atoms with Crippen LogP contribution in [0, 0.1) is 12.8 Å². The normalized spacial score (nSPS) is 27.4. The third-order valence-corrected chi connectivity index (χ3v) is 8.47. The molecule has 1 aliphatic carbocycles. The average molecular weight is 561 g/mol. The number of aromatic amines is 1. The molecule has 1 fully saturated rings. The van der Waals surface area contributed by atoms with Gasteiger partial charge in [0.25, 0.3) is 0 Å². The number of rotatable bonds is 5. The molecule has 208 valence electrons. The van der Waals surface area contributed by atoms with Gasteiger partial charge in [-0.15, -0.1) is 11.3 Å². The number of nitrogens with zero attached hydrogens (tertiary/aromatic N) is 2. The van der Waals surface area contributed by atoms with E-state index in [1.807, 2.05) is 31.2 Å². The Balaban J connectivity index is 1.61. The molecular weight excluding hydrogens is 529 g/mol. The highest BCUT2D eigenvalue weighted by Gasteiger charge is 2.43. The van der Waals surface area contributed by atoms with Gasteiger partial charge in [0.1, 0.15) is 11.9 Å². The van der Waals surface area contributed by atoms with Gasteiger partial charge in [0.2, 0.25) is 0 Å². The van der Waals surface area contributed by atoms with E-state index in [9.17, 15) is 28.5 Å². The van der Waals surface area contributed by atoms with Gasteiger partial charge in [-0.1, -0.05) is 24.3 Å². The third-order valence-electron chi connectivity index (χ3n) is 7.54.